The lowest BCUT2D eigenvalue weighted by Gasteiger charge is -2.25. The van der Waals surface area contributed by atoms with Gasteiger partial charge in [0.05, 0.1) is 16.9 Å². The fourth-order valence-corrected chi connectivity index (χ4v) is 4.48. The monoisotopic (exact) mass is 392 g/mol. The van der Waals surface area contributed by atoms with Crippen LogP contribution in [0, 0.1) is 0 Å². The summed E-state index contributed by atoms with van der Waals surface area (Å²) in [5.41, 5.74) is 0. The minimum Gasteiger partial charge on any atom is -0.389 e. The topological polar surface area (TPSA) is 37.3 Å². The van der Waals surface area contributed by atoms with Gasteiger partial charge in [0.1, 0.15) is 0 Å². The molecule has 1 aromatic carbocycles. The Hall–Kier alpha value is -0.0900. The van der Waals surface area contributed by atoms with Crippen LogP contribution in [-0.4, -0.2) is 19.1 Å². The zero-order valence-electron chi connectivity index (χ0n) is 14.6. The summed E-state index contributed by atoms with van der Waals surface area (Å²) in [6.07, 6.45) is 10.3. The molecule has 0 radical (unpaired) electrons. The summed E-state index contributed by atoms with van der Waals surface area (Å²) in [5.74, 6) is 0. The Morgan fingerprint density at radius 1 is 0.958 bits per heavy atom. The molecular weight excluding hydrogens is 363 g/mol. The number of hydrogen-bond acceptors (Lipinski definition) is 2. The van der Waals surface area contributed by atoms with Crippen LogP contribution < -0.4 is 0 Å². The average Bonchev–Trinajstić information content (AvgIpc) is 2.60. The summed E-state index contributed by atoms with van der Waals surface area (Å²) in [6, 6.07) is 8.82. The molecule has 2 atom stereocenters. The Morgan fingerprint density at radius 3 is 2.00 bits per heavy atom. The maximum absolute atomic E-state index is 12.5. The molecule has 138 valence electrons. The van der Waals surface area contributed by atoms with Gasteiger partial charge in [-0.15, -0.1) is 0 Å². The predicted molar refractivity (Wildman–Crippen MR) is 105 cm³/mol. The third-order valence-electron chi connectivity index (χ3n) is 4.17. The van der Waals surface area contributed by atoms with E-state index in [9.17, 15) is 9.32 Å². The molecule has 2 nitrogen and oxygen atoms in total. The van der Waals surface area contributed by atoms with Gasteiger partial charge in [0.2, 0.25) is 3.67 Å². The van der Waals surface area contributed by atoms with Crippen molar-refractivity contribution in [2.24, 2.45) is 0 Å². The van der Waals surface area contributed by atoms with Gasteiger partial charge in [-0.05, 0) is 18.6 Å². The number of benzene rings is 1. The first kappa shape index (κ1) is 22.0. The first-order valence-electron chi connectivity index (χ1n) is 9.03. The van der Waals surface area contributed by atoms with Crippen LogP contribution in [0.1, 0.15) is 71.1 Å². The summed E-state index contributed by atoms with van der Waals surface area (Å²) in [5, 5.41) is 10.3. The van der Waals surface area contributed by atoms with Crippen molar-refractivity contribution in [2.75, 3.05) is 0 Å². The number of halogens is 2. The van der Waals surface area contributed by atoms with Crippen molar-refractivity contribution >= 4 is 34.0 Å². The van der Waals surface area contributed by atoms with Crippen molar-refractivity contribution in [3.05, 3.63) is 30.3 Å². The van der Waals surface area contributed by atoms with E-state index in [0.717, 1.165) is 19.3 Å². The largest absolute Gasteiger partial charge is 0.389 e. The number of aliphatic hydroxyl groups excluding tert-OH is 1. The summed E-state index contributed by atoms with van der Waals surface area (Å²) < 4.78 is 10.8. The summed E-state index contributed by atoms with van der Waals surface area (Å²) in [6.45, 7) is 2.23. The molecule has 0 spiro atoms. The smallest absolute Gasteiger partial charge is 0.221 e. The molecule has 5 heteroatoms. The lowest BCUT2D eigenvalue weighted by molar-refractivity contribution is 0.165. The number of rotatable bonds is 13. The predicted octanol–water partition coefficient (Wildman–Crippen LogP) is 6.21. The maximum atomic E-state index is 12.5. The Kier molecular flexibility index (Phi) is 11.2. The molecule has 1 rings (SSSR count). The second-order valence-electron chi connectivity index (χ2n) is 6.28. The molecule has 0 saturated carbocycles. The number of hydrogen-bond donors (Lipinski definition) is 1. The van der Waals surface area contributed by atoms with Gasteiger partial charge in [0.25, 0.3) is 0 Å². The normalized spacial score (nSPS) is 14.5. The highest BCUT2D eigenvalue weighted by atomic mass is 35.5. The maximum Gasteiger partial charge on any atom is 0.221 e. The van der Waals surface area contributed by atoms with Crippen molar-refractivity contribution in [3.63, 3.8) is 0 Å². The van der Waals surface area contributed by atoms with Crippen molar-refractivity contribution < 1.29 is 9.32 Å². The molecule has 0 saturated heterocycles. The van der Waals surface area contributed by atoms with Crippen LogP contribution in [0.4, 0.5) is 0 Å². The van der Waals surface area contributed by atoms with E-state index in [0.29, 0.717) is 11.3 Å². The molecule has 0 aliphatic carbocycles. The standard InChI is InChI=1S/C19H30Cl2O2S/c1-2-3-4-5-6-7-8-9-13-16-18(22)19(20,21)24(23)17-14-11-10-12-15-17/h10-12,14-15,18,22H,2-9,13,16H2,1H3. The Labute approximate surface area is 159 Å². The Bertz CT molecular complexity index is 466. The molecular formula is C19H30Cl2O2S. The van der Waals surface area contributed by atoms with Crippen LogP contribution in [0.3, 0.4) is 0 Å². The highest BCUT2D eigenvalue weighted by Crippen LogP contribution is 2.36. The van der Waals surface area contributed by atoms with E-state index in [-0.39, 0.29) is 0 Å². The quantitative estimate of drug-likeness (QED) is 0.320. The van der Waals surface area contributed by atoms with Gasteiger partial charge in [0, 0.05) is 4.90 Å². The van der Waals surface area contributed by atoms with E-state index >= 15 is 0 Å². The van der Waals surface area contributed by atoms with Crippen LogP contribution in [0.2, 0.25) is 0 Å². The molecule has 0 amide bonds. The fourth-order valence-electron chi connectivity index (χ4n) is 2.64. The van der Waals surface area contributed by atoms with Crippen molar-refractivity contribution in [1.82, 2.24) is 0 Å². The molecule has 0 heterocycles. The second-order valence-corrected chi connectivity index (χ2v) is 9.76. The van der Waals surface area contributed by atoms with E-state index in [1.165, 1.54) is 38.5 Å². The Morgan fingerprint density at radius 2 is 1.46 bits per heavy atom. The Balaban J connectivity index is 2.24. The number of unbranched alkanes of at least 4 members (excludes halogenated alkanes) is 8. The molecule has 0 aliphatic heterocycles. The van der Waals surface area contributed by atoms with Gasteiger partial charge in [-0.2, -0.15) is 0 Å². The molecule has 1 N–H and O–H groups in total. The van der Waals surface area contributed by atoms with E-state index in [2.05, 4.69) is 6.92 Å². The first-order valence-corrected chi connectivity index (χ1v) is 10.9. The van der Waals surface area contributed by atoms with Gasteiger partial charge in [-0.3, -0.25) is 4.21 Å². The summed E-state index contributed by atoms with van der Waals surface area (Å²) in [4.78, 5) is 0.536. The van der Waals surface area contributed by atoms with Crippen LogP contribution in [-0.2, 0) is 10.8 Å². The molecule has 0 bridgehead atoms. The zero-order chi connectivity index (χ0) is 17.8. The first-order chi connectivity index (χ1) is 11.5. The highest BCUT2D eigenvalue weighted by Gasteiger charge is 2.40. The molecule has 0 fully saturated rings. The fraction of sp³-hybridized carbons (Fsp3) is 0.684. The molecule has 0 aromatic heterocycles. The van der Waals surface area contributed by atoms with Gasteiger partial charge in [-0.25, -0.2) is 0 Å². The van der Waals surface area contributed by atoms with E-state index in [4.69, 9.17) is 23.2 Å². The van der Waals surface area contributed by atoms with Crippen LogP contribution >= 0.6 is 23.2 Å². The van der Waals surface area contributed by atoms with E-state index < -0.39 is 20.6 Å². The van der Waals surface area contributed by atoms with Crippen molar-refractivity contribution in [3.8, 4) is 0 Å². The van der Waals surface area contributed by atoms with E-state index in [1.807, 2.05) is 6.07 Å². The highest BCUT2D eigenvalue weighted by molar-refractivity contribution is 7.89. The molecule has 2 unspecified atom stereocenters. The zero-order valence-corrected chi connectivity index (χ0v) is 16.9. The van der Waals surface area contributed by atoms with Crippen molar-refractivity contribution in [2.45, 2.75) is 85.8 Å². The van der Waals surface area contributed by atoms with Crippen LogP contribution in [0.15, 0.2) is 35.2 Å². The second kappa shape index (κ2) is 12.3. The summed E-state index contributed by atoms with van der Waals surface area (Å²) in [7, 11) is -1.66. The van der Waals surface area contributed by atoms with Crippen LogP contribution in [0.5, 0.6) is 0 Å². The number of aliphatic hydroxyl groups is 1. The number of alkyl halides is 2. The average molecular weight is 393 g/mol. The van der Waals surface area contributed by atoms with Gasteiger partial charge >= 0.3 is 0 Å². The SMILES string of the molecule is CCCCCCCCCCCC(O)C(Cl)(Cl)S(=O)c1ccccc1. The third kappa shape index (κ3) is 7.86. The minimum absolute atomic E-state index is 0.474. The lowest BCUT2D eigenvalue weighted by atomic mass is 10.1. The third-order valence-corrected chi connectivity index (χ3v) is 6.98. The molecule has 24 heavy (non-hydrogen) atoms. The van der Waals surface area contributed by atoms with E-state index in [1.54, 1.807) is 24.3 Å². The van der Waals surface area contributed by atoms with Crippen molar-refractivity contribution in [1.29, 1.82) is 0 Å². The van der Waals surface area contributed by atoms with Gasteiger partial charge in [-0.1, -0.05) is 106 Å². The van der Waals surface area contributed by atoms with Crippen LogP contribution in [0.25, 0.3) is 0 Å². The van der Waals surface area contributed by atoms with Gasteiger partial charge in [0.15, 0.2) is 0 Å². The molecule has 0 aliphatic rings. The van der Waals surface area contributed by atoms with Gasteiger partial charge < -0.3 is 5.11 Å². The lowest BCUT2D eigenvalue weighted by Crippen LogP contribution is -2.35. The summed E-state index contributed by atoms with van der Waals surface area (Å²) >= 11 is 12.4. The minimum atomic E-state index is -1.67. The molecule has 1 aromatic rings.